The Labute approximate surface area is 110 Å². The van der Waals surface area contributed by atoms with Crippen molar-refractivity contribution >= 4 is 0 Å². The standard InChI is InChI=1S/C14H25N3O/c1-3-6-15-9-13-8-14(18-16-13)11-17-7-4-5-12(2)10-17/h8,12,15H,3-7,9-11H2,1-2H3. The summed E-state index contributed by atoms with van der Waals surface area (Å²) < 4.78 is 5.40. The van der Waals surface area contributed by atoms with E-state index in [0.29, 0.717) is 0 Å². The van der Waals surface area contributed by atoms with E-state index in [1.54, 1.807) is 0 Å². The van der Waals surface area contributed by atoms with Crippen LogP contribution in [0.4, 0.5) is 0 Å². The molecule has 0 bridgehead atoms. The Kier molecular flexibility index (Phi) is 5.20. The Morgan fingerprint density at radius 1 is 1.56 bits per heavy atom. The van der Waals surface area contributed by atoms with Crippen LogP contribution in [0.3, 0.4) is 0 Å². The fraction of sp³-hybridized carbons (Fsp3) is 0.786. The van der Waals surface area contributed by atoms with E-state index >= 15 is 0 Å². The van der Waals surface area contributed by atoms with E-state index in [-0.39, 0.29) is 0 Å². The van der Waals surface area contributed by atoms with Crippen LogP contribution in [0.2, 0.25) is 0 Å². The number of piperidine rings is 1. The fourth-order valence-electron chi connectivity index (χ4n) is 2.56. The predicted molar refractivity (Wildman–Crippen MR) is 72.2 cm³/mol. The molecule has 18 heavy (non-hydrogen) atoms. The van der Waals surface area contributed by atoms with Gasteiger partial charge in [-0.1, -0.05) is 19.0 Å². The van der Waals surface area contributed by atoms with E-state index in [2.05, 4.69) is 35.3 Å². The number of hydrogen-bond acceptors (Lipinski definition) is 4. The van der Waals surface area contributed by atoms with Gasteiger partial charge in [-0.3, -0.25) is 4.90 Å². The summed E-state index contributed by atoms with van der Waals surface area (Å²) in [5.74, 6) is 1.81. The minimum atomic E-state index is 0.812. The lowest BCUT2D eigenvalue weighted by molar-refractivity contribution is 0.160. The summed E-state index contributed by atoms with van der Waals surface area (Å²) in [6.45, 7) is 9.62. The SMILES string of the molecule is CCCNCc1cc(CN2CCCC(C)C2)on1. The molecule has 1 aliphatic heterocycles. The molecule has 1 aromatic heterocycles. The fourth-order valence-corrected chi connectivity index (χ4v) is 2.56. The van der Waals surface area contributed by atoms with Gasteiger partial charge < -0.3 is 9.84 Å². The predicted octanol–water partition coefficient (Wildman–Crippen LogP) is 2.41. The second-order valence-corrected chi connectivity index (χ2v) is 5.44. The molecule has 0 spiro atoms. The van der Waals surface area contributed by atoms with Crippen LogP contribution in [0.15, 0.2) is 10.6 Å². The monoisotopic (exact) mass is 251 g/mol. The van der Waals surface area contributed by atoms with Gasteiger partial charge in [0.25, 0.3) is 0 Å². The minimum Gasteiger partial charge on any atom is -0.360 e. The van der Waals surface area contributed by atoms with Gasteiger partial charge in [0.05, 0.1) is 12.2 Å². The summed E-state index contributed by atoms with van der Waals surface area (Å²) in [5.41, 5.74) is 1.02. The topological polar surface area (TPSA) is 41.3 Å². The molecule has 0 amide bonds. The van der Waals surface area contributed by atoms with Crippen LogP contribution < -0.4 is 5.32 Å². The van der Waals surface area contributed by atoms with Crippen molar-refractivity contribution in [3.05, 3.63) is 17.5 Å². The number of rotatable bonds is 6. The van der Waals surface area contributed by atoms with Crippen LogP contribution in [-0.4, -0.2) is 29.7 Å². The smallest absolute Gasteiger partial charge is 0.151 e. The maximum atomic E-state index is 5.40. The zero-order valence-electron chi connectivity index (χ0n) is 11.6. The third-order valence-electron chi connectivity index (χ3n) is 3.46. The van der Waals surface area contributed by atoms with Gasteiger partial charge in [0, 0.05) is 19.2 Å². The van der Waals surface area contributed by atoms with E-state index in [1.807, 2.05) is 0 Å². The normalized spacial score (nSPS) is 21.3. The summed E-state index contributed by atoms with van der Waals surface area (Å²) in [6.07, 6.45) is 3.82. The molecule has 1 atom stereocenters. The number of nitrogens with one attached hydrogen (secondary N) is 1. The van der Waals surface area contributed by atoms with Crippen molar-refractivity contribution in [1.82, 2.24) is 15.4 Å². The Hall–Kier alpha value is -0.870. The van der Waals surface area contributed by atoms with Crippen molar-refractivity contribution in [2.75, 3.05) is 19.6 Å². The molecule has 1 aliphatic rings. The van der Waals surface area contributed by atoms with Gasteiger partial charge in [-0.15, -0.1) is 0 Å². The number of nitrogens with zero attached hydrogens (tertiary/aromatic N) is 2. The summed E-state index contributed by atoms with van der Waals surface area (Å²) in [5, 5.41) is 7.45. The highest BCUT2D eigenvalue weighted by atomic mass is 16.5. The molecular formula is C14H25N3O. The molecule has 0 radical (unpaired) electrons. The van der Waals surface area contributed by atoms with E-state index in [0.717, 1.165) is 43.4 Å². The molecule has 1 fully saturated rings. The summed E-state index contributed by atoms with van der Waals surface area (Å²) >= 11 is 0. The molecule has 1 unspecified atom stereocenters. The molecule has 4 nitrogen and oxygen atoms in total. The molecule has 102 valence electrons. The summed E-state index contributed by atoms with van der Waals surface area (Å²) in [4.78, 5) is 2.47. The van der Waals surface area contributed by atoms with Crippen LogP contribution in [0.1, 0.15) is 44.6 Å². The van der Waals surface area contributed by atoms with Crippen molar-refractivity contribution in [2.24, 2.45) is 5.92 Å². The molecule has 4 heteroatoms. The number of hydrogen-bond donors (Lipinski definition) is 1. The number of aromatic nitrogens is 1. The quantitative estimate of drug-likeness (QED) is 0.788. The van der Waals surface area contributed by atoms with Crippen LogP contribution in [0.25, 0.3) is 0 Å². The maximum absolute atomic E-state index is 5.40. The third-order valence-corrected chi connectivity index (χ3v) is 3.46. The highest BCUT2D eigenvalue weighted by molar-refractivity contribution is 5.05. The summed E-state index contributed by atoms with van der Waals surface area (Å²) in [6, 6.07) is 2.09. The van der Waals surface area contributed by atoms with Gasteiger partial charge in [0.2, 0.25) is 0 Å². The van der Waals surface area contributed by atoms with Gasteiger partial charge in [0.15, 0.2) is 5.76 Å². The van der Waals surface area contributed by atoms with Crippen LogP contribution in [-0.2, 0) is 13.1 Å². The minimum absolute atomic E-state index is 0.812. The third kappa shape index (κ3) is 4.10. The lowest BCUT2D eigenvalue weighted by Gasteiger charge is -2.29. The van der Waals surface area contributed by atoms with Crippen LogP contribution in [0.5, 0.6) is 0 Å². The maximum Gasteiger partial charge on any atom is 0.151 e. The Morgan fingerprint density at radius 2 is 2.44 bits per heavy atom. The van der Waals surface area contributed by atoms with Crippen molar-refractivity contribution < 1.29 is 4.52 Å². The average Bonchev–Trinajstić information content (AvgIpc) is 2.77. The molecule has 2 rings (SSSR count). The highest BCUT2D eigenvalue weighted by Crippen LogP contribution is 2.18. The molecule has 0 saturated carbocycles. The van der Waals surface area contributed by atoms with Crippen molar-refractivity contribution in [3.8, 4) is 0 Å². The lowest BCUT2D eigenvalue weighted by atomic mass is 10.0. The second-order valence-electron chi connectivity index (χ2n) is 5.44. The van der Waals surface area contributed by atoms with E-state index < -0.39 is 0 Å². The molecule has 2 heterocycles. The Balaban J connectivity index is 1.78. The highest BCUT2D eigenvalue weighted by Gasteiger charge is 2.17. The Bertz CT molecular complexity index is 351. The zero-order valence-corrected chi connectivity index (χ0v) is 11.6. The Morgan fingerprint density at radius 3 is 3.22 bits per heavy atom. The van der Waals surface area contributed by atoms with E-state index in [9.17, 15) is 0 Å². The second kappa shape index (κ2) is 6.90. The average molecular weight is 251 g/mol. The van der Waals surface area contributed by atoms with Crippen molar-refractivity contribution in [2.45, 2.75) is 46.2 Å². The van der Waals surface area contributed by atoms with Crippen LogP contribution >= 0.6 is 0 Å². The van der Waals surface area contributed by atoms with Crippen molar-refractivity contribution in [3.63, 3.8) is 0 Å². The molecule has 0 aliphatic carbocycles. The number of likely N-dealkylation sites (tertiary alicyclic amines) is 1. The van der Waals surface area contributed by atoms with Gasteiger partial charge in [-0.05, 0) is 38.3 Å². The van der Waals surface area contributed by atoms with Gasteiger partial charge in [0.1, 0.15) is 0 Å². The molecule has 0 aromatic carbocycles. The zero-order chi connectivity index (χ0) is 12.8. The van der Waals surface area contributed by atoms with Gasteiger partial charge >= 0.3 is 0 Å². The summed E-state index contributed by atoms with van der Waals surface area (Å²) in [7, 11) is 0. The lowest BCUT2D eigenvalue weighted by Crippen LogP contribution is -2.33. The largest absolute Gasteiger partial charge is 0.360 e. The van der Waals surface area contributed by atoms with E-state index in [1.165, 1.54) is 25.9 Å². The first kappa shape index (κ1) is 13.6. The first-order chi connectivity index (χ1) is 8.78. The molecule has 1 aromatic rings. The van der Waals surface area contributed by atoms with Crippen molar-refractivity contribution in [1.29, 1.82) is 0 Å². The van der Waals surface area contributed by atoms with Crippen LogP contribution in [0, 0.1) is 5.92 Å². The first-order valence-electron chi connectivity index (χ1n) is 7.15. The molecule has 1 N–H and O–H groups in total. The van der Waals surface area contributed by atoms with E-state index in [4.69, 9.17) is 4.52 Å². The van der Waals surface area contributed by atoms with Gasteiger partial charge in [-0.25, -0.2) is 0 Å². The molecular weight excluding hydrogens is 226 g/mol. The molecule has 1 saturated heterocycles. The van der Waals surface area contributed by atoms with Gasteiger partial charge in [-0.2, -0.15) is 0 Å². The first-order valence-corrected chi connectivity index (χ1v) is 7.15.